The number of piperazine rings is 1. The number of rotatable bonds is 6. The highest BCUT2D eigenvalue weighted by molar-refractivity contribution is 5.73. The molecular formula is C15H22N2O3. The quantitative estimate of drug-likeness (QED) is 0.764. The van der Waals surface area contributed by atoms with E-state index >= 15 is 0 Å². The van der Waals surface area contributed by atoms with Gasteiger partial charge in [0.1, 0.15) is 11.8 Å². The molecule has 0 aromatic heterocycles. The van der Waals surface area contributed by atoms with E-state index in [1.54, 1.807) is 0 Å². The van der Waals surface area contributed by atoms with E-state index in [9.17, 15) is 4.79 Å². The number of nitrogens with one attached hydrogen (secondary N) is 1. The second kappa shape index (κ2) is 7.26. The van der Waals surface area contributed by atoms with Gasteiger partial charge in [0.15, 0.2) is 0 Å². The summed E-state index contributed by atoms with van der Waals surface area (Å²) in [6, 6.07) is 7.54. The molecular weight excluding hydrogens is 256 g/mol. The van der Waals surface area contributed by atoms with E-state index < -0.39 is 12.0 Å². The van der Waals surface area contributed by atoms with Crippen LogP contribution in [-0.4, -0.2) is 54.8 Å². The van der Waals surface area contributed by atoms with Gasteiger partial charge in [-0.05, 0) is 31.0 Å². The van der Waals surface area contributed by atoms with Gasteiger partial charge in [-0.1, -0.05) is 12.1 Å². The fourth-order valence-electron chi connectivity index (χ4n) is 2.42. The number of nitrogens with zero attached hydrogens (tertiary/aromatic N) is 1. The third-order valence-electron chi connectivity index (χ3n) is 3.49. The normalized spacial score (nSPS) is 19.8. The van der Waals surface area contributed by atoms with E-state index in [2.05, 4.69) is 5.32 Å². The van der Waals surface area contributed by atoms with Crippen molar-refractivity contribution in [2.75, 3.05) is 32.8 Å². The highest BCUT2D eigenvalue weighted by Gasteiger charge is 2.27. The van der Waals surface area contributed by atoms with Crippen LogP contribution in [0.5, 0.6) is 5.75 Å². The lowest BCUT2D eigenvalue weighted by atomic mass is 10.2. The summed E-state index contributed by atoms with van der Waals surface area (Å²) in [6.07, 6.45) is 0.831. The maximum absolute atomic E-state index is 11.1. The minimum absolute atomic E-state index is 0.414. The van der Waals surface area contributed by atoms with Crippen molar-refractivity contribution in [2.24, 2.45) is 0 Å². The topological polar surface area (TPSA) is 61.8 Å². The Morgan fingerprint density at radius 2 is 2.40 bits per heavy atom. The van der Waals surface area contributed by atoms with Crippen LogP contribution in [0.15, 0.2) is 24.3 Å². The van der Waals surface area contributed by atoms with Crippen molar-refractivity contribution in [3.05, 3.63) is 29.8 Å². The standard InChI is InChI=1S/C15H22N2O3/c1-12-4-2-5-13(10-12)20-9-3-7-17-8-6-16-11-14(17)15(18)19/h2,4-5,10,14,16H,3,6-9,11H2,1H3,(H,18,19). The summed E-state index contributed by atoms with van der Waals surface area (Å²) in [4.78, 5) is 13.2. The van der Waals surface area contributed by atoms with Crippen LogP contribution in [0.2, 0.25) is 0 Å². The summed E-state index contributed by atoms with van der Waals surface area (Å²) in [6.45, 7) is 5.55. The van der Waals surface area contributed by atoms with Gasteiger partial charge < -0.3 is 15.2 Å². The molecule has 0 bridgehead atoms. The van der Waals surface area contributed by atoms with Gasteiger partial charge in [0.05, 0.1) is 6.61 Å². The van der Waals surface area contributed by atoms with Gasteiger partial charge in [-0.15, -0.1) is 0 Å². The van der Waals surface area contributed by atoms with Crippen LogP contribution in [0.25, 0.3) is 0 Å². The van der Waals surface area contributed by atoms with Crippen LogP contribution in [0, 0.1) is 6.92 Å². The minimum Gasteiger partial charge on any atom is -0.494 e. The van der Waals surface area contributed by atoms with Crippen molar-refractivity contribution < 1.29 is 14.6 Å². The first-order valence-electron chi connectivity index (χ1n) is 7.04. The van der Waals surface area contributed by atoms with Gasteiger partial charge in [0.25, 0.3) is 0 Å². The Morgan fingerprint density at radius 3 is 3.15 bits per heavy atom. The lowest BCUT2D eigenvalue weighted by Gasteiger charge is -2.33. The number of aryl methyl sites for hydroxylation is 1. The molecule has 0 radical (unpaired) electrons. The molecule has 0 aliphatic carbocycles. The molecule has 1 aromatic rings. The molecule has 1 aliphatic heterocycles. The van der Waals surface area contributed by atoms with Crippen LogP contribution >= 0.6 is 0 Å². The van der Waals surface area contributed by atoms with Crippen LogP contribution in [0.4, 0.5) is 0 Å². The molecule has 1 saturated heterocycles. The van der Waals surface area contributed by atoms with E-state index in [0.717, 1.165) is 31.8 Å². The third kappa shape index (κ3) is 4.21. The molecule has 5 nitrogen and oxygen atoms in total. The van der Waals surface area contributed by atoms with Crippen LogP contribution < -0.4 is 10.1 Å². The Morgan fingerprint density at radius 1 is 1.55 bits per heavy atom. The van der Waals surface area contributed by atoms with Gasteiger partial charge in [-0.25, -0.2) is 0 Å². The van der Waals surface area contributed by atoms with Crippen molar-refractivity contribution in [1.82, 2.24) is 10.2 Å². The van der Waals surface area contributed by atoms with Crippen molar-refractivity contribution in [1.29, 1.82) is 0 Å². The van der Waals surface area contributed by atoms with Crippen LogP contribution in [0.3, 0.4) is 0 Å². The Balaban J connectivity index is 1.73. The number of benzene rings is 1. The number of carboxylic acids is 1. The van der Waals surface area contributed by atoms with Gasteiger partial charge in [0, 0.05) is 26.2 Å². The molecule has 5 heteroatoms. The zero-order valence-corrected chi connectivity index (χ0v) is 11.8. The molecule has 0 spiro atoms. The SMILES string of the molecule is Cc1cccc(OCCCN2CCNCC2C(=O)O)c1. The van der Waals surface area contributed by atoms with Crippen molar-refractivity contribution >= 4 is 5.97 Å². The predicted octanol–water partition coefficient (Wildman–Crippen LogP) is 1.12. The molecule has 1 heterocycles. The van der Waals surface area contributed by atoms with E-state index in [-0.39, 0.29) is 0 Å². The van der Waals surface area contributed by atoms with E-state index in [1.165, 1.54) is 5.56 Å². The summed E-state index contributed by atoms with van der Waals surface area (Å²) in [7, 11) is 0. The third-order valence-corrected chi connectivity index (χ3v) is 3.49. The maximum atomic E-state index is 11.1. The summed E-state index contributed by atoms with van der Waals surface area (Å²) in [5.74, 6) is 0.122. The number of ether oxygens (including phenoxy) is 1. The van der Waals surface area contributed by atoms with Gasteiger partial charge >= 0.3 is 5.97 Å². The number of hydrogen-bond acceptors (Lipinski definition) is 4. The first-order valence-corrected chi connectivity index (χ1v) is 7.04. The summed E-state index contributed by atoms with van der Waals surface area (Å²) in [5, 5.41) is 12.3. The molecule has 0 saturated carbocycles. The smallest absolute Gasteiger partial charge is 0.322 e. The molecule has 110 valence electrons. The Labute approximate surface area is 119 Å². The Bertz CT molecular complexity index is 450. The molecule has 1 unspecified atom stereocenters. The van der Waals surface area contributed by atoms with Crippen molar-refractivity contribution in [3.8, 4) is 5.75 Å². The van der Waals surface area contributed by atoms with Crippen LogP contribution in [0.1, 0.15) is 12.0 Å². The largest absolute Gasteiger partial charge is 0.494 e. The molecule has 1 aliphatic rings. The predicted molar refractivity (Wildman–Crippen MR) is 77.2 cm³/mol. The van der Waals surface area contributed by atoms with Gasteiger partial charge in [-0.2, -0.15) is 0 Å². The first-order chi connectivity index (χ1) is 9.66. The number of aliphatic carboxylic acids is 1. The summed E-state index contributed by atoms with van der Waals surface area (Å²) >= 11 is 0. The fourth-order valence-corrected chi connectivity index (χ4v) is 2.42. The summed E-state index contributed by atoms with van der Waals surface area (Å²) < 4.78 is 5.68. The second-order valence-corrected chi connectivity index (χ2v) is 5.11. The number of carbonyl (C=O) groups is 1. The summed E-state index contributed by atoms with van der Waals surface area (Å²) in [5.41, 5.74) is 1.18. The van der Waals surface area contributed by atoms with Gasteiger partial charge in [-0.3, -0.25) is 9.69 Å². The Kier molecular flexibility index (Phi) is 5.38. The van der Waals surface area contributed by atoms with E-state index in [0.29, 0.717) is 13.2 Å². The number of hydrogen-bond donors (Lipinski definition) is 2. The minimum atomic E-state index is -0.753. The molecule has 1 aromatic carbocycles. The average Bonchev–Trinajstić information content (AvgIpc) is 2.44. The zero-order chi connectivity index (χ0) is 14.4. The lowest BCUT2D eigenvalue weighted by Crippen LogP contribution is -2.55. The fraction of sp³-hybridized carbons (Fsp3) is 0.533. The van der Waals surface area contributed by atoms with Crippen molar-refractivity contribution in [2.45, 2.75) is 19.4 Å². The Hall–Kier alpha value is -1.59. The maximum Gasteiger partial charge on any atom is 0.322 e. The first kappa shape index (κ1) is 14.8. The van der Waals surface area contributed by atoms with Crippen molar-refractivity contribution in [3.63, 3.8) is 0 Å². The zero-order valence-electron chi connectivity index (χ0n) is 11.8. The average molecular weight is 278 g/mol. The molecule has 1 atom stereocenters. The highest BCUT2D eigenvalue weighted by Crippen LogP contribution is 2.13. The van der Waals surface area contributed by atoms with E-state index in [4.69, 9.17) is 9.84 Å². The molecule has 2 N–H and O–H groups in total. The number of carboxylic acid groups (broad SMARTS) is 1. The second-order valence-electron chi connectivity index (χ2n) is 5.11. The molecule has 1 fully saturated rings. The molecule has 20 heavy (non-hydrogen) atoms. The lowest BCUT2D eigenvalue weighted by molar-refractivity contribution is -0.144. The van der Waals surface area contributed by atoms with E-state index in [1.807, 2.05) is 36.1 Å². The van der Waals surface area contributed by atoms with Crippen LogP contribution in [-0.2, 0) is 4.79 Å². The molecule has 2 rings (SSSR count). The monoisotopic (exact) mass is 278 g/mol. The molecule has 0 amide bonds. The highest BCUT2D eigenvalue weighted by atomic mass is 16.5. The van der Waals surface area contributed by atoms with Gasteiger partial charge in [0.2, 0.25) is 0 Å².